The molecule has 2 rings (SSSR count). The van der Waals surface area contributed by atoms with Crippen molar-refractivity contribution >= 4 is 44.6 Å². The molecular weight excluding hydrogens is 333 g/mol. The van der Waals surface area contributed by atoms with Crippen molar-refractivity contribution < 1.29 is 8.42 Å². The lowest BCUT2D eigenvalue weighted by atomic mass is 10.2. The molecule has 5 nitrogen and oxygen atoms in total. The molecule has 1 aromatic heterocycles. The molecule has 0 atom stereocenters. The van der Waals surface area contributed by atoms with Gasteiger partial charge in [0, 0.05) is 5.69 Å². The molecule has 1 aromatic carbocycles. The van der Waals surface area contributed by atoms with Gasteiger partial charge in [-0.25, -0.2) is 13.4 Å². The lowest BCUT2D eigenvalue weighted by Gasteiger charge is -2.12. The topological polar surface area (TPSA) is 85.1 Å². The van der Waals surface area contributed by atoms with Crippen LogP contribution in [0.2, 0.25) is 10.2 Å². The molecule has 1 heterocycles. The molecule has 0 aliphatic rings. The van der Waals surface area contributed by atoms with Gasteiger partial charge in [0.05, 0.1) is 16.4 Å². The predicted molar refractivity (Wildman–Crippen MR) is 85.4 cm³/mol. The van der Waals surface area contributed by atoms with Crippen molar-refractivity contribution in [2.75, 3.05) is 10.5 Å². The third-order valence-electron chi connectivity index (χ3n) is 2.91. The summed E-state index contributed by atoms with van der Waals surface area (Å²) in [4.78, 5) is 3.90. The first-order chi connectivity index (χ1) is 9.70. The zero-order chi connectivity index (χ0) is 15.8. The number of aryl methyl sites for hydroxylation is 2. The number of nitrogens with one attached hydrogen (secondary N) is 1. The normalized spacial score (nSPS) is 11.4. The predicted octanol–water partition coefficient (Wildman–Crippen LogP) is 3.39. The number of halogens is 2. The number of hydrogen-bond donors (Lipinski definition) is 2. The SMILES string of the molecule is Cc1cc(Cl)c(S(=O)(=O)Nc2ccc(Cl)nc2C)cc1N. The van der Waals surface area contributed by atoms with Crippen LogP contribution in [-0.4, -0.2) is 13.4 Å². The fourth-order valence-corrected chi connectivity index (χ4v) is 3.64. The van der Waals surface area contributed by atoms with Crippen molar-refractivity contribution in [3.05, 3.63) is 45.7 Å². The molecule has 3 N–H and O–H groups in total. The van der Waals surface area contributed by atoms with Crippen LogP contribution in [0.3, 0.4) is 0 Å². The van der Waals surface area contributed by atoms with E-state index in [-0.39, 0.29) is 15.1 Å². The summed E-state index contributed by atoms with van der Waals surface area (Å²) in [7, 11) is -3.86. The van der Waals surface area contributed by atoms with Gasteiger partial charge in [0.2, 0.25) is 0 Å². The molecular formula is C13H13Cl2N3O2S. The number of sulfonamides is 1. The van der Waals surface area contributed by atoms with Gasteiger partial charge in [-0.05, 0) is 43.7 Å². The van der Waals surface area contributed by atoms with Gasteiger partial charge < -0.3 is 5.73 Å². The van der Waals surface area contributed by atoms with Gasteiger partial charge >= 0.3 is 0 Å². The van der Waals surface area contributed by atoms with Crippen LogP contribution in [0.25, 0.3) is 0 Å². The Hall–Kier alpha value is -1.50. The Morgan fingerprint density at radius 3 is 2.48 bits per heavy atom. The van der Waals surface area contributed by atoms with E-state index in [2.05, 4.69) is 9.71 Å². The minimum absolute atomic E-state index is 0.0818. The highest BCUT2D eigenvalue weighted by Crippen LogP contribution is 2.29. The molecule has 0 saturated carbocycles. The van der Waals surface area contributed by atoms with Crippen LogP contribution >= 0.6 is 23.2 Å². The number of aromatic nitrogens is 1. The molecule has 0 radical (unpaired) electrons. The Morgan fingerprint density at radius 2 is 1.86 bits per heavy atom. The van der Waals surface area contributed by atoms with Gasteiger partial charge in [-0.15, -0.1) is 0 Å². The summed E-state index contributed by atoms with van der Waals surface area (Å²) in [5, 5.41) is 0.391. The Morgan fingerprint density at radius 1 is 1.19 bits per heavy atom. The summed E-state index contributed by atoms with van der Waals surface area (Å²) < 4.78 is 27.3. The second-order valence-electron chi connectivity index (χ2n) is 4.51. The zero-order valence-corrected chi connectivity index (χ0v) is 13.6. The molecule has 0 aliphatic carbocycles. The van der Waals surface area contributed by atoms with Crippen molar-refractivity contribution in [2.45, 2.75) is 18.7 Å². The van der Waals surface area contributed by atoms with E-state index in [0.29, 0.717) is 22.6 Å². The number of nitrogens with zero attached hydrogens (tertiary/aromatic N) is 1. The Kier molecular flexibility index (Phi) is 4.32. The minimum Gasteiger partial charge on any atom is -0.398 e. The summed E-state index contributed by atoms with van der Waals surface area (Å²) >= 11 is 11.7. The van der Waals surface area contributed by atoms with E-state index in [0.717, 1.165) is 0 Å². The maximum atomic E-state index is 12.4. The zero-order valence-electron chi connectivity index (χ0n) is 11.3. The summed E-state index contributed by atoms with van der Waals surface area (Å²) in [6, 6.07) is 5.88. The van der Waals surface area contributed by atoms with Crippen LogP contribution in [0.4, 0.5) is 11.4 Å². The average molecular weight is 346 g/mol. The maximum absolute atomic E-state index is 12.4. The van der Waals surface area contributed by atoms with Crippen molar-refractivity contribution in [2.24, 2.45) is 0 Å². The van der Waals surface area contributed by atoms with Crippen LogP contribution in [-0.2, 0) is 10.0 Å². The van der Waals surface area contributed by atoms with Crippen LogP contribution in [0.15, 0.2) is 29.2 Å². The second-order valence-corrected chi connectivity index (χ2v) is 6.96. The first kappa shape index (κ1) is 15.9. The van der Waals surface area contributed by atoms with E-state index in [1.165, 1.54) is 24.3 Å². The molecule has 21 heavy (non-hydrogen) atoms. The van der Waals surface area contributed by atoms with E-state index < -0.39 is 10.0 Å². The number of pyridine rings is 1. The molecule has 0 aliphatic heterocycles. The molecule has 0 fully saturated rings. The first-order valence-electron chi connectivity index (χ1n) is 5.92. The maximum Gasteiger partial charge on any atom is 0.263 e. The van der Waals surface area contributed by atoms with Crippen LogP contribution < -0.4 is 10.5 Å². The van der Waals surface area contributed by atoms with E-state index >= 15 is 0 Å². The molecule has 0 saturated heterocycles. The molecule has 0 spiro atoms. The van der Waals surface area contributed by atoms with Crippen molar-refractivity contribution in [1.29, 1.82) is 0 Å². The third-order valence-corrected chi connectivity index (χ3v) is 4.95. The van der Waals surface area contributed by atoms with Gasteiger partial charge in [-0.2, -0.15) is 0 Å². The van der Waals surface area contributed by atoms with E-state index in [1.807, 2.05) is 0 Å². The highest BCUT2D eigenvalue weighted by Gasteiger charge is 2.20. The van der Waals surface area contributed by atoms with Crippen LogP contribution in [0, 0.1) is 13.8 Å². The smallest absolute Gasteiger partial charge is 0.263 e. The van der Waals surface area contributed by atoms with Gasteiger partial charge in [-0.1, -0.05) is 23.2 Å². The Bertz CT molecular complexity index is 807. The van der Waals surface area contributed by atoms with Gasteiger partial charge in [0.15, 0.2) is 0 Å². The summed E-state index contributed by atoms with van der Waals surface area (Å²) in [6.45, 7) is 3.40. The first-order valence-corrected chi connectivity index (χ1v) is 8.16. The molecule has 8 heteroatoms. The summed E-state index contributed by atoms with van der Waals surface area (Å²) in [5.74, 6) is 0. The molecule has 0 bridgehead atoms. The Labute approximate surface area is 133 Å². The van der Waals surface area contributed by atoms with E-state index in [4.69, 9.17) is 28.9 Å². The number of nitrogens with two attached hydrogens (primary N) is 1. The monoisotopic (exact) mass is 345 g/mol. The van der Waals surface area contributed by atoms with Gasteiger partial charge in [0.1, 0.15) is 10.0 Å². The average Bonchev–Trinajstić information content (AvgIpc) is 2.37. The van der Waals surface area contributed by atoms with Crippen LogP contribution in [0.1, 0.15) is 11.3 Å². The number of nitrogen functional groups attached to an aromatic ring is 1. The van der Waals surface area contributed by atoms with Gasteiger partial charge in [-0.3, -0.25) is 4.72 Å². The van der Waals surface area contributed by atoms with E-state index in [9.17, 15) is 8.42 Å². The molecule has 112 valence electrons. The lowest BCUT2D eigenvalue weighted by molar-refractivity contribution is 0.601. The minimum atomic E-state index is -3.86. The lowest BCUT2D eigenvalue weighted by Crippen LogP contribution is -2.15. The van der Waals surface area contributed by atoms with E-state index in [1.54, 1.807) is 13.8 Å². The second kappa shape index (κ2) is 5.71. The van der Waals surface area contributed by atoms with Gasteiger partial charge in [0.25, 0.3) is 10.0 Å². The third kappa shape index (κ3) is 3.40. The number of anilines is 2. The van der Waals surface area contributed by atoms with Crippen molar-refractivity contribution in [3.63, 3.8) is 0 Å². The molecule has 0 amide bonds. The summed E-state index contributed by atoms with van der Waals surface area (Å²) in [6.07, 6.45) is 0. The number of benzene rings is 1. The summed E-state index contributed by atoms with van der Waals surface area (Å²) in [5.41, 5.74) is 7.60. The highest BCUT2D eigenvalue weighted by atomic mass is 35.5. The molecule has 0 unspecified atom stereocenters. The Balaban J connectivity index is 2.46. The van der Waals surface area contributed by atoms with Crippen molar-refractivity contribution in [3.8, 4) is 0 Å². The number of hydrogen-bond acceptors (Lipinski definition) is 4. The quantitative estimate of drug-likeness (QED) is 0.659. The molecule has 2 aromatic rings. The van der Waals surface area contributed by atoms with Crippen LogP contribution in [0.5, 0.6) is 0 Å². The van der Waals surface area contributed by atoms with Crippen molar-refractivity contribution in [1.82, 2.24) is 4.98 Å². The number of rotatable bonds is 3. The highest BCUT2D eigenvalue weighted by molar-refractivity contribution is 7.92. The fourth-order valence-electron chi connectivity index (χ4n) is 1.71. The fraction of sp³-hybridized carbons (Fsp3) is 0.154. The largest absolute Gasteiger partial charge is 0.398 e. The standard InChI is InChI=1S/C13H13Cl2N3O2S/c1-7-5-9(14)12(6-10(7)16)21(19,20)18-11-3-4-13(15)17-8(11)2/h3-6,18H,16H2,1-2H3.